The molecule has 21 heavy (non-hydrogen) atoms. The number of aromatic nitrogens is 2. The molecule has 0 spiro atoms. The first-order chi connectivity index (χ1) is 10.1. The van der Waals surface area contributed by atoms with Crippen LogP contribution in [0.4, 0.5) is 10.2 Å². The van der Waals surface area contributed by atoms with Gasteiger partial charge in [0.25, 0.3) is 0 Å². The van der Waals surface area contributed by atoms with Crippen molar-refractivity contribution in [3.8, 4) is 11.4 Å². The van der Waals surface area contributed by atoms with Gasteiger partial charge in [0, 0.05) is 29.1 Å². The Hall–Kier alpha value is -2.20. The highest BCUT2D eigenvalue weighted by Gasteiger charge is 2.10. The van der Waals surface area contributed by atoms with E-state index in [1.807, 2.05) is 25.1 Å². The van der Waals surface area contributed by atoms with E-state index in [0.717, 1.165) is 16.5 Å². The van der Waals surface area contributed by atoms with Crippen LogP contribution in [-0.4, -0.2) is 17.0 Å². The molecule has 0 atom stereocenters. The number of fused-ring (bicyclic) bond motifs is 1. The van der Waals surface area contributed by atoms with Crippen LogP contribution < -0.4 is 5.32 Å². The van der Waals surface area contributed by atoms with Crippen molar-refractivity contribution in [2.75, 3.05) is 12.4 Å². The van der Waals surface area contributed by atoms with E-state index < -0.39 is 0 Å². The van der Waals surface area contributed by atoms with E-state index in [2.05, 4.69) is 15.3 Å². The summed E-state index contributed by atoms with van der Waals surface area (Å²) in [5.41, 5.74) is 2.34. The molecule has 0 bridgehead atoms. The molecular formula is C16H13ClFN3. The minimum absolute atomic E-state index is 0.323. The standard InChI is InChI=1S/C16H13ClFN3/c1-9-3-4-10(7-13(9)17)15-20-14-8-11(18)5-6-12(14)16(19-2)21-15/h3-8H,1-2H3,(H,19,20,21). The Balaban J connectivity index is 2.24. The molecule has 1 N–H and O–H groups in total. The third-order valence-electron chi connectivity index (χ3n) is 3.33. The Kier molecular flexibility index (Phi) is 3.47. The van der Waals surface area contributed by atoms with Crippen molar-refractivity contribution >= 4 is 28.3 Å². The van der Waals surface area contributed by atoms with Crippen LogP contribution in [0, 0.1) is 12.7 Å². The summed E-state index contributed by atoms with van der Waals surface area (Å²) in [5.74, 6) is 0.849. The lowest BCUT2D eigenvalue weighted by Gasteiger charge is -2.09. The molecule has 0 saturated heterocycles. The predicted molar refractivity (Wildman–Crippen MR) is 84.2 cm³/mol. The first-order valence-electron chi connectivity index (χ1n) is 6.50. The van der Waals surface area contributed by atoms with Gasteiger partial charge in [0.2, 0.25) is 0 Å². The van der Waals surface area contributed by atoms with E-state index >= 15 is 0 Å². The Morgan fingerprint density at radius 1 is 1.10 bits per heavy atom. The van der Waals surface area contributed by atoms with Crippen LogP contribution in [0.2, 0.25) is 5.02 Å². The molecule has 0 unspecified atom stereocenters. The van der Waals surface area contributed by atoms with E-state index in [1.54, 1.807) is 13.1 Å². The van der Waals surface area contributed by atoms with Gasteiger partial charge in [0.05, 0.1) is 5.52 Å². The number of nitrogens with one attached hydrogen (secondary N) is 1. The van der Waals surface area contributed by atoms with E-state index in [-0.39, 0.29) is 5.82 Å². The molecule has 1 heterocycles. The lowest BCUT2D eigenvalue weighted by Crippen LogP contribution is -1.99. The molecule has 0 aliphatic heterocycles. The molecule has 0 aliphatic carbocycles. The molecular weight excluding hydrogens is 289 g/mol. The highest BCUT2D eigenvalue weighted by Crippen LogP contribution is 2.27. The van der Waals surface area contributed by atoms with Gasteiger partial charge in [-0.2, -0.15) is 0 Å². The van der Waals surface area contributed by atoms with Gasteiger partial charge in [-0.25, -0.2) is 14.4 Å². The number of hydrogen-bond donors (Lipinski definition) is 1. The van der Waals surface area contributed by atoms with Crippen molar-refractivity contribution in [2.24, 2.45) is 0 Å². The molecule has 2 aromatic carbocycles. The number of benzene rings is 2. The molecule has 0 aliphatic rings. The molecule has 3 aromatic rings. The van der Waals surface area contributed by atoms with Gasteiger partial charge in [-0.1, -0.05) is 23.7 Å². The Bertz CT molecular complexity index is 833. The lowest BCUT2D eigenvalue weighted by molar-refractivity contribution is 0.629. The van der Waals surface area contributed by atoms with Crippen molar-refractivity contribution in [1.82, 2.24) is 9.97 Å². The zero-order chi connectivity index (χ0) is 15.0. The quantitative estimate of drug-likeness (QED) is 0.760. The van der Waals surface area contributed by atoms with Gasteiger partial charge in [0.15, 0.2) is 5.82 Å². The van der Waals surface area contributed by atoms with Crippen LogP contribution in [0.15, 0.2) is 36.4 Å². The van der Waals surface area contributed by atoms with Crippen LogP contribution in [-0.2, 0) is 0 Å². The van der Waals surface area contributed by atoms with E-state index in [9.17, 15) is 4.39 Å². The summed E-state index contributed by atoms with van der Waals surface area (Å²) in [6.45, 7) is 1.93. The van der Waals surface area contributed by atoms with Crippen LogP contribution in [0.1, 0.15) is 5.56 Å². The summed E-state index contributed by atoms with van der Waals surface area (Å²) in [7, 11) is 1.77. The summed E-state index contributed by atoms with van der Waals surface area (Å²) in [6.07, 6.45) is 0. The van der Waals surface area contributed by atoms with E-state index in [0.29, 0.717) is 22.2 Å². The Morgan fingerprint density at radius 2 is 1.90 bits per heavy atom. The normalized spacial score (nSPS) is 10.9. The van der Waals surface area contributed by atoms with Crippen molar-refractivity contribution in [1.29, 1.82) is 0 Å². The lowest BCUT2D eigenvalue weighted by atomic mass is 10.1. The number of anilines is 1. The van der Waals surface area contributed by atoms with Crippen molar-refractivity contribution in [2.45, 2.75) is 6.92 Å². The SMILES string of the molecule is CNc1nc(-c2ccc(C)c(Cl)c2)nc2cc(F)ccc12. The van der Waals surface area contributed by atoms with Crippen molar-refractivity contribution < 1.29 is 4.39 Å². The van der Waals surface area contributed by atoms with E-state index in [1.165, 1.54) is 12.1 Å². The highest BCUT2D eigenvalue weighted by atomic mass is 35.5. The number of halogens is 2. The van der Waals surface area contributed by atoms with Gasteiger partial charge in [0.1, 0.15) is 11.6 Å². The molecule has 0 fully saturated rings. The molecule has 0 saturated carbocycles. The van der Waals surface area contributed by atoms with Crippen molar-refractivity contribution in [3.63, 3.8) is 0 Å². The number of nitrogens with zero attached hydrogens (tertiary/aromatic N) is 2. The highest BCUT2D eigenvalue weighted by molar-refractivity contribution is 6.31. The Labute approximate surface area is 126 Å². The van der Waals surface area contributed by atoms with Gasteiger partial charge < -0.3 is 5.32 Å². The summed E-state index contributed by atoms with van der Waals surface area (Å²) < 4.78 is 13.4. The molecule has 106 valence electrons. The average Bonchev–Trinajstić information content (AvgIpc) is 2.48. The third kappa shape index (κ3) is 2.54. The number of aryl methyl sites for hydroxylation is 1. The molecule has 0 amide bonds. The second kappa shape index (κ2) is 5.30. The topological polar surface area (TPSA) is 37.8 Å². The molecule has 3 nitrogen and oxygen atoms in total. The minimum atomic E-state index is -0.323. The van der Waals surface area contributed by atoms with Crippen LogP contribution in [0.5, 0.6) is 0 Å². The molecule has 5 heteroatoms. The third-order valence-corrected chi connectivity index (χ3v) is 3.73. The second-order valence-electron chi connectivity index (χ2n) is 4.77. The molecule has 0 radical (unpaired) electrons. The zero-order valence-corrected chi connectivity index (χ0v) is 12.4. The van der Waals surface area contributed by atoms with Gasteiger partial charge >= 0.3 is 0 Å². The molecule has 1 aromatic heterocycles. The smallest absolute Gasteiger partial charge is 0.162 e. The maximum absolute atomic E-state index is 13.4. The number of hydrogen-bond acceptors (Lipinski definition) is 3. The van der Waals surface area contributed by atoms with Gasteiger partial charge in [-0.3, -0.25) is 0 Å². The average molecular weight is 302 g/mol. The fourth-order valence-corrected chi connectivity index (χ4v) is 2.33. The monoisotopic (exact) mass is 301 g/mol. The zero-order valence-electron chi connectivity index (χ0n) is 11.6. The van der Waals surface area contributed by atoms with Gasteiger partial charge in [-0.15, -0.1) is 0 Å². The Morgan fingerprint density at radius 3 is 2.62 bits per heavy atom. The van der Waals surface area contributed by atoms with Crippen LogP contribution >= 0.6 is 11.6 Å². The summed E-state index contributed by atoms with van der Waals surface area (Å²) in [4.78, 5) is 8.92. The van der Waals surface area contributed by atoms with Crippen LogP contribution in [0.25, 0.3) is 22.3 Å². The number of rotatable bonds is 2. The maximum Gasteiger partial charge on any atom is 0.162 e. The second-order valence-corrected chi connectivity index (χ2v) is 5.18. The summed E-state index contributed by atoms with van der Waals surface area (Å²) in [5, 5.41) is 4.45. The van der Waals surface area contributed by atoms with E-state index in [4.69, 9.17) is 11.6 Å². The largest absolute Gasteiger partial charge is 0.373 e. The van der Waals surface area contributed by atoms with Crippen LogP contribution in [0.3, 0.4) is 0 Å². The predicted octanol–water partition coefficient (Wildman–Crippen LogP) is 4.44. The van der Waals surface area contributed by atoms with Gasteiger partial charge in [-0.05, 0) is 30.7 Å². The minimum Gasteiger partial charge on any atom is -0.373 e. The first kappa shape index (κ1) is 13.8. The maximum atomic E-state index is 13.4. The first-order valence-corrected chi connectivity index (χ1v) is 6.88. The fraction of sp³-hybridized carbons (Fsp3) is 0.125. The fourth-order valence-electron chi connectivity index (χ4n) is 2.15. The van der Waals surface area contributed by atoms with Crippen molar-refractivity contribution in [3.05, 3.63) is 52.8 Å². The summed E-state index contributed by atoms with van der Waals surface area (Å²) >= 11 is 6.15. The molecule has 3 rings (SSSR count). The summed E-state index contributed by atoms with van der Waals surface area (Å²) in [6, 6.07) is 10.1.